The molecular weight excluding hydrogens is 378 g/mol. The highest BCUT2D eigenvalue weighted by Crippen LogP contribution is 2.31. The molecule has 1 N–H and O–H groups in total. The second-order valence-electron chi connectivity index (χ2n) is 8.33. The number of ether oxygens (including phenoxy) is 1. The van der Waals surface area contributed by atoms with Crippen molar-refractivity contribution in [2.75, 3.05) is 26.7 Å². The lowest BCUT2D eigenvalue weighted by atomic mass is 10.0. The van der Waals surface area contributed by atoms with Crippen LogP contribution in [0.4, 0.5) is 0 Å². The molecule has 0 fully saturated rings. The number of hydrogen-bond acceptors (Lipinski definition) is 6. The summed E-state index contributed by atoms with van der Waals surface area (Å²) in [7, 11) is 2.11. The van der Waals surface area contributed by atoms with Crippen LogP contribution in [0.5, 0.6) is 5.75 Å². The molecule has 0 atom stereocenters. The fraction of sp³-hybridized carbons (Fsp3) is 0.348. The Hall–Kier alpha value is -3.21. The van der Waals surface area contributed by atoms with Crippen molar-refractivity contribution in [3.8, 4) is 22.9 Å². The smallest absolute Gasteiger partial charge is 0.138 e. The van der Waals surface area contributed by atoms with Crippen LogP contribution in [0.25, 0.3) is 22.2 Å². The molecule has 30 heavy (non-hydrogen) atoms. The molecule has 0 spiro atoms. The Morgan fingerprint density at radius 3 is 2.77 bits per heavy atom. The van der Waals surface area contributed by atoms with Gasteiger partial charge in [0, 0.05) is 30.4 Å². The molecule has 1 aliphatic rings. The highest BCUT2D eigenvalue weighted by molar-refractivity contribution is 5.85. The van der Waals surface area contributed by atoms with E-state index >= 15 is 0 Å². The van der Waals surface area contributed by atoms with Crippen LogP contribution in [0.2, 0.25) is 0 Å². The third-order valence-electron chi connectivity index (χ3n) is 5.11. The van der Waals surface area contributed by atoms with Gasteiger partial charge < -0.3 is 14.7 Å². The maximum Gasteiger partial charge on any atom is 0.138 e. The van der Waals surface area contributed by atoms with E-state index in [0.29, 0.717) is 16.8 Å². The molecule has 7 nitrogen and oxygen atoms in total. The predicted molar refractivity (Wildman–Crippen MR) is 115 cm³/mol. The number of nitriles is 1. The van der Waals surface area contributed by atoms with E-state index in [2.05, 4.69) is 34.2 Å². The van der Waals surface area contributed by atoms with Gasteiger partial charge in [-0.05, 0) is 45.0 Å². The van der Waals surface area contributed by atoms with Gasteiger partial charge in [-0.2, -0.15) is 10.4 Å². The maximum absolute atomic E-state index is 9.98. The van der Waals surface area contributed by atoms with Crippen LogP contribution < -0.4 is 4.74 Å². The molecule has 3 aromatic heterocycles. The van der Waals surface area contributed by atoms with E-state index in [1.807, 2.05) is 24.4 Å². The second-order valence-corrected chi connectivity index (χ2v) is 8.33. The lowest BCUT2D eigenvalue weighted by Gasteiger charge is -2.21. The number of nitrogens with zero attached hydrogens (tertiary/aromatic N) is 5. The number of fused-ring (bicyclic) bond motifs is 1. The summed E-state index contributed by atoms with van der Waals surface area (Å²) >= 11 is 0. The minimum atomic E-state index is -0.956. The number of pyridine rings is 2. The number of aromatic nitrogens is 3. The highest BCUT2D eigenvalue weighted by Gasteiger charge is 2.17. The SMILES string of the molecule is CN1CC=C(c2ccc(-c3cc(OCC(C)(C)O)cn4ncc(C#N)c34)cn2)CC1. The molecule has 0 unspecified atom stereocenters. The Morgan fingerprint density at radius 2 is 2.13 bits per heavy atom. The summed E-state index contributed by atoms with van der Waals surface area (Å²) in [5.74, 6) is 0.564. The van der Waals surface area contributed by atoms with Gasteiger partial charge in [-0.25, -0.2) is 4.52 Å². The summed E-state index contributed by atoms with van der Waals surface area (Å²) < 4.78 is 7.42. The third kappa shape index (κ3) is 4.20. The average molecular weight is 403 g/mol. The van der Waals surface area contributed by atoms with E-state index in [-0.39, 0.29) is 6.61 Å². The summed E-state index contributed by atoms with van der Waals surface area (Å²) in [6, 6.07) is 8.12. The van der Waals surface area contributed by atoms with Gasteiger partial charge in [-0.15, -0.1) is 0 Å². The molecule has 0 bridgehead atoms. The van der Waals surface area contributed by atoms with Crippen LogP contribution >= 0.6 is 0 Å². The summed E-state index contributed by atoms with van der Waals surface area (Å²) in [6.45, 7) is 5.48. The van der Waals surface area contributed by atoms with Gasteiger partial charge >= 0.3 is 0 Å². The Bertz CT molecular complexity index is 1130. The van der Waals surface area contributed by atoms with E-state index in [1.165, 1.54) is 5.57 Å². The molecule has 3 aromatic rings. The van der Waals surface area contributed by atoms with Crippen molar-refractivity contribution in [2.24, 2.45) is 0 Å². The average Bonchev–Trinajstić information content (AvgIpc) is 3.15. The van der Waals surface area contributed by atoms with Crippen molar-refractivity contribution < 1.29 is 9.84 Å². The van der Waals surface area contributed by atoms with Gasteiger partial charge in [0.25, 0.3) is 0 Å². The Labute approximate surface area is 175 Å². The van der Waals surface area contributed by atoms with Crippen molar-refractivity contribution in [3.63, 3.8) is 0 Å². The third-order valence-corrected chi connectivity index (χ3v) is 5.11. The first-order valence-corrected chi connectivity index (χ1v) is 9.95. The molecule has 0 saturated heterocycles. The van der Waals surface area contributed by atoms with Crippen molar-refractivity contribution in [1.82, 2.24) is 19.5 Å². The van der Waals surface area contributed by atoms with Crippen LogP contribution in [-0.2, 0) is 0 Å². The molecule has 0 radical (unpaired) electrons. The molecule has 0 aliphatic carbocycles. The van der Waals surface area contributed by atoms with Gasteiger partial charge in [0.05, 0.1) is 34.8 Å². The Balaban J connectivity index is 1.73. The minimum absolute atomic E-state index is 0.143. The molecule has 0 saturated carbocycles. The van der Waals surface area contributed by atoms with E-state index in [1.54, 1.807) is 30.8 Å². The standard InChI is InChI=1S/C23H25N5O2/c1-23(2,29)15-30-19-10-20(22-18(11-24)13-26-28(22)14-19)17-4-5-21(25-12-17)16-6-8-27(3)9-7-16/h4-6,10,12-14,29H,7-9,15H2,1-3H3. The largest absolute Gasteiger partial charge is 0.489 e. The molecule has 0 amide bonds. The molecular formula is C23H25N5O2. The summed E-state index contributed by atoms with van der Waals surface area (Å²) in [6.07, 6.45) is 8.30. The Morgan fingerprint density at radius 1 is 1.30 bits per heavy atom. The zero-order valence-electron chi connectivity index (χ0n) is 17.5. The first kappa shape index (κ1) is 20.1. The topological polar surface area (TPSA) is 86.7 Å². The number of aliphatic hydroxyl groups is 1. The normalized spacial score (nSPS) is 15.1. The monoisotopic (exact) mass is 403 g/mol. The number of likely N-dealkylation sites (N-methyl/N-ethyl adjacent to an activating group) is 1. The highest BCUT2D eigenvalue weighted by atomic mass is 16.5. The molecule has 1 aliphatic heterocycles. The molecule has 7 heteroatoms. The lowest BCUT2D eigenvalue weighted by molar-refractivity contribution is 0.0283. The number of hydrogen-bond donors (Lipinski definition) is 1. The van der Waals surface area contributed by atoms with E-state index in [4.69, 9.17) is 4.74 Å². The van der Waals surface area contributed by atoms with Crippen LogP contribution in [0.1, 0.15) is 31.5 Å². The molecule has 4 heterocycles. The zero-order valence-corrected chi connectivity index (χ0v) is 17.5. The van der Waals surface area contributed by atoms with E-state index in [9.17, 15) is 10.4 Å². The van der Waals surface area contributed by atoms with Gasteiger partial charge in [0.15, 0.2) is 0 Å². The van der Waals surface area contributed by atoms with Crippen molar-refractivity contribution in [1.29, 1.82) is 5.26 Å². The van der Waals surface area contributed by atoms with Gasteiger partial charge in [0.1, 0.15) is 18.4 Å². The van der Waals surface area contributed by atoms with Crippen molar-refractivity contribution in [2.45, 2.75) is 25.9 Å². The van der Waals surface area contributed by atoms with Gasteiger partial charge in [0.2, 0.25) is 0 Å². The minimum Gasteiger partial charge on any atom is -0.489 e. The summed E-state index contributed by atoms with van der Waals surface area (Å²) in [5, 5.41) is 23.8. The van der Waals surface area contributed by atoms with Crippen LogP contribution in [0.15, 0.2) is 42.9 Å². The maximum atomic E-state index is 9.98. The fourth-order valence-electron chi connectivity index (χ4n) is 3.48. The molecule has 154 valence electrons. The first-order valence-electron chi connectivity index (χ1n) is 9.95. The van der Waals surface area contributed by atoms with Crippen LogP contribution in [-0.4, -0.2) is 56.9 Å². The van der Waals surface area contributed by atoms with Gasteiger partial charge in [-0.1, -0.05) is 12.1 Å². The molecule has 0 aromatic carbocycles. The van der Waals surface area contributed by atoms with E-state index in [0.717, 1.165) is 36.3 Å². The Kier molecular flexibility index (Phi) is 5.29. The molecule has 4 rings (SSSR count). The quantitative estimate of drug-likeness (QED) is 0.704. The van der Waals surface area contributed by atoms with Crippen LogP contribution in [0.3, 0.4) is 0 Å². The van der Waals surface area contributed by atoms with Crippen molar-refractivity contribution in [3.05, 3.63) is 54.1 Å². The zero-order chi connectivity index (χ0) is 21.3. The summed E-state index contributed by atoms with van der Waals surface area (Å²) in [5.41, 5.74) is 4.17. The summed E-state index contributed by atoms with van der Waals surface area (Å²) in [4.78, 5) is 6.96. The predicted octanol–water partition coefficient (Wildman–Crippen LogP) is 3.14. The second kappa shape index (κ2) is 7.90. The van der Waals surface area contributed by atoms with Crippen molar-refractivity contribution >= 4 is 11.1 Å². The van der Waals surface area contributed by atoms with E-state index < -0.39 is 5.60 Å². The lowest BCUT2D eigenvalue weighted by Crippen LogP contribution is -2.27. The number of rotatable bonds is 5. The first-order chi connectivity index (χ1) is 14.3. The van der Waals surface area contributed by atoms with Gasteiger partial charge in [-0.3, -0.25) is 4.98 Å². The fourth-order valence-corrected chi connectivity index (χ4v) is 3.48. The van der Waals surface area contributed by atoms with Crippen LogP contribution in [0, 0.1) is 11.3 Å².